The molecule has 1 saturated heterocycles. The van der Waals surface area contributed by atoms with Gasteiger partial charge in [0.1, 0.15) is 6.07 Å². The molecule has 1 aliphatic rings. The van der Waals surface area contributed by atoms with E-state index in [1.807, 2.05) is 26.0 Å². The quantitative estimate of drug-likeness (QED) is 0.566. The number of nitrogens with one attached hydrogen (secondary N) is 1. The van der Waals surface area contributed by atoms with E-state index in [4.69, 9.17) is 5.26 Å². The van der Waals surface area contributed by atoms with Gasteiger partial charge in [0.15, 0.2) is 0 Å². The summed E-state index contributed by atoms with van der Waals surface area (Å²) >= 11 is 0. The van der Waals surface area contributed by atoms with Gasteiger partial charge in [-0.05, 0) is 53.1 Å². The molecule has 7 heteroatoms. The highest BCUT2D eigenvalue weighted by Gasteiger charge is 2.11. The number of nitrogens with zero attached hydrogens (tertiary/aromatic N) is 6. The first-order chi connectivity index (χ1) is 14.0. The summed E-state index contributed by atoms with van der Waals surface area (Å²) in [4.78, 5) is 19.6. The molecule has 1 fully saturated rings. The lowest BCUT2D eigenvalue weighted by Gasteiger charge is -2.27. The van der Waals surface area contributed by atoms with Crippen LogP contribution >= 0.6 is 0 Å². The predicted octanol–water partition coefficient (Wildman–Crippen LogP) is 3.49. The number of aromatic nitrogens is 2. The Morgan fingerprint density at radius 2 is 2.14 bits per heavy atom. The highest BCUT2D eigenvalue weighted by atomic mass is 15.2. The molecule has 0 amide bonds. The normalized spacial score (nSPS) is 16.1. The Bertz CT molecular complexity index is 824. The van der Waals surface area contributed by atoms with Crippen molar-refractivity contribution in [1.29, 1.82) is 5.26 Å². The summed E-state index contributed by atoms with van der Waals surface area (Å²) < 4.78 is 0. The summed E-state index contributed by atoms with van der Waals surface area (Å²) in [7, 11) is 0. The molecule has 1 aliphatic heterocycles. The highest BCUT2D eigenvalue weighted by Crippen LogP contribution is 2.12. The van der Waals surface area contributed by atoms with Crippen molar-refractivity contribution >= 4 is 18.3 Å². The van der Waals surface area contributed by atoms with Crippen LogP contribution in [0.15, 0.2) is 34.0 Å². The first-order valence-corrected chi connectivity index (χ1v) is 10.1. The van der Waals surface area contributed by atoms with Crippen LogP contribution in [0.5, 0.6) is 0 Å². The molecule has 0 aliphatic carbocycles. The number of hydrogen-bond donors (Lipinski definition) is 1. The van der Waals surface area contributed by atoms with Gasteiger partial charge in [0.25, 0.3) is 0 Å². The van der Waals surface area contributed by atoms with Crippen LogP contribution < -0.4 is 5.32 Å². The third-order valence-corrected chi connectivity index (χ3v) is 4.69. The molecule has 2 heterocycles. The van der Waals surface area contributed by atoms with E-state index in [9.17, 15) is 0 Å². The van der Waals surface area contributed by atoms with Gasteiger partial charge in [-0.25, -0.2) is 15.0 Å². The second-order valence-corrected chi connectivity index (χ2v) is 7.24. The van der Waals surface area contributed by atoms with Gasteiger partial charge < -0.3 is 5.32 Å². The second kappa shape index (κ2) is 11.9. The molecule has 0 bridgehead atoms. The minimum absolute atomic E-state index is 0.194. The molecule has 154 valence electrons. The van der Waals surface area contributed by atoms with Crippen LogP contribution in [0.1, 0.15) is 56.6 Å². The Morgan fingerprint density at radius 1 is 1.38 bits per heavy atom. The second-order valence-electron chi connectivity index (χ2n) is 7.24. The van der Waals surface area contributed by atoms with E-state index in [1.165, 1.54) is 19.3 Å². The predicted molar refractivity (Wildman–Crippen MR) is 119 cm³/mol. The lowest BCUT2D eigenvalue weighted by Crippen LogP contribution is -2.35. The zero-order valence-corrected chi connectivity index (χ0v) is 17.8. The highest BCUT2D eigenvalue weighted by molar-refractivity contribution is 5.88. The van der Waals surface area contributed by atoms with E-state index in [-0.39, 0.29) is 5.82 Å². The SMILES string of the molecule is C=C(CN1CCCCC1)NC(=NCC/C(C)=C/c1cnc(C#N)nc1C)/N=C\C. The van der Waals surface area contributed by atoms with Crippen molar-refractivity contribution in [2.24, 2.45) is 9.98 Å². The fourth-order valence-electron chi connectivity index (χ4n) is 3.17. The Labute approximate surface area is 174 Å². The Hall–Kier alpha value is -2.85. The average molecular weight is 394 g/mol. The van der Waals surface area contributed by atoms with Crippen molar-refractivity contribution in [3.63, 3.8) is 0 Å². The Balaban J connectivity index is 1.90. The number of rotatable bonds is 7. The third-order valence-electron chi connectivity index (χ3n) is 4.69. The number of piperidine rings is 1. The van der Waals surface area contributed by atoms with Gasteiger partial charge in [-0.1, -0.05) is 24.6 Å². The summed E-state index contributed by atoms with van der Waals surface area (Å²) in [5, 5.41) is 12.1. The number of aryl methyl sites for hydroxylation is 1. The molecular formula is C22H31N7. The largest absolute Gasteiger partial charge is 0.327 e. The monoisotopic (exact) mass is 393 g/mol. The first kappa shape index (κ1) is 22.4. The topological polar surface area (TPSA) is 89.6 Å². The summed E-state index contributed by atoms with van der Waals surface area (Å²) in [5.41, 5.74) is 3.81. The van der Waals surface area contributed by atoms with Gasteiger partial charge in [0, 0.05) is 42.5 Å². The van der Waals surface area contributed by atoms with Crippen molar-refractivity contribution < 1.29 is 0 Å². The summed E-state index contributed by atoms with van der Waals surface area (Å²) in [6.07, 6.45) is 10.1. The van der Waals surface area contributed by atoms with Crippen molar-refractivity contribution in [3.8, 4) is 6.07 Å². The third kappa shape index (κ3) is 7.96. The van der Waals surface area contributed by atoms with E-state index in [0.717, 1.165) is 48.6 Å². The van der Waals surface area contributed by atoms with E-state index >= 15 is 0 Å². The van der Waals surface area contributed by atoms with Crippen LogP contribution in [-0.2, 0) is 0 Å². The average Bonchev–Trinajstić information content (AvgIpc) is 2.70. The van der Waals surface area contributed by atoms with Crippen LogP contribution in [0.3, 0.4) is 0 Å². The minimum Gasteiger partial charge on any atom is -0.327 e. The fourth-order valence-corrected chi connectivity index (χ4v) is 3.17. The van der Waals surface area contributed by atoms with E-state index < -0.39 is 0 Å². The van der Waals surface area contributed by atoms with Crippen LogP contribution in [0.4, 0.5) is 0 Å². The number of guanidine groups is 1. The number of nitriles is 1. The zero-order chi connectivity index (χ0) is 21.1. The number of hydrogen-bond acceptors (Lipinski definition) is 5. The van der Waals surface area contributed by atoms with E-state index in [0.29, 0.717) is 12.5 Å². The van der Waals surface area contributed by atoms with Gasteiger partial charge >= 0.3 is 0 Å². The standard InChI is InChI=1S/C22H31N7/c1-5-24-22(27-18(3)16-29-11-7-6-8-12-29)25-10-9-17(2)13-20-15-26-21(14-23)28-19(20)4/h5,13,15H,3,6-12,16H2,1-2,4H3,(H,25,27)/b17-13+,24-5-. The van der Waals surface area contributed by atoms with Gasteiger partial charge in [-0.15, -0.1) is 0 Å². The summed E-state index contributed by atoms with van der Waals surface area (Å²) in [6.45, 7) is 13.7. The maximum absolute atomic E-state index is 8.87. The van der Waals surface area contributed by atoms with Crippen molar-refractivity contribution in [3.05, 3.63) is 41.1 Å². The number of aliphatic imine (C=N–C) groups is 2. The molecule has 29 heavy (non-hydrogen) atoms. The minimum atomic E-state index is 0.194. The van der Waals surface area contributed by atoms with Gasteiger partial charge in [0.2, 0.25) is 11.8 Å². The lowest BCUT2D eigenvalue weighted by atomic mass is 10.1. The Kier molecular flexibility index (Phi) is 9.19. The Morgan fingerprint density at radius 3 is 2.79 bits per heavy atom. The lowest BCUT2D eigenvalue weighted by molar-refractivity contribution is 0.244. The van der Waals surface area contributed by atoms with Gasteiger partial charge in [-0.3, -0.25) is 9.89 Å². The van der Waals surface area contributed by atoms with Gasteiger partial charge in [-0.2, -0.15) is 5.26 Å². The molecule has 2 rings (SSSR count). The van der Waals surface area contributed by atoms with Crippen LogP contribution in [0.25, 0.3) is 6.08 Å². The maximum atomic E-state index is 8.87. The molecule has 0 unspecified atom stereocenters. The fraction of sp³-hybridized carbons (Fsp3) is 0.500. The van der Waals surface area contributed by atoms with Crippen molar-refractivity contribution in [2.45, 2.75) is 46.5 Å². The number of likely N-dealkylation sites (tertiary alicyclic amines) is 1. The first-order valence-electron chi connectivity index (χ1n) is 10.1. The summed E-state index contributed by atoms with van der Waals surface area (Å²) in [5.74, 6) is 0.792. The molecule has 0 aromatic carbocycles. The van der Waals surface area contributed by atoms with E-state index in [1.54, 1.807) is 12.4 Å². The summed E-state index contributed by atoms with van der Waals surface area (Å²) in [6, 6.07) is 1.96. The molecular weight excluding hydrogens is 362 g/mol. The van der Waals surface area contributed by atoms with E-state index in [2.05, 4.69) is 43.7 Å². The maximum Gasteiger partial charge on any atom is 0.232 e. The van der Waals surface area contributed by atoms with Crippen molar-refractivity contribution in [1.82, 2.24) is 20.2 Å². The van der Waals surface area contributed by atoms with Crippen molar-refractivity contribution in [2.75, 3.05) is 26.2 Å². The molecule has 1 aromatic rings. The van der Waals surface area contributed by atoms with Crippen LogP contribution in [0.2, 0.25) is 0 Å². The molecule has 0 radical (unpaired) electrons. The zero-order valence-electron chi connectivity index (χ0n) is 17.8. The molecule has 0 atom stereocenters. The molecule has 0 saturated carbocycles. The molecule has 1 N–H and O–H groups in total. The smallest absolute Gasteiger partial charge is 0.232 e. The molecule has 1 aromatic heterocycles. The van der Waals surface area contributed by atoms with Crippen LogP contribution in [-0.4, -0.2) is 53.2 Å². The van der Waals surface area contributed by atoms with Crippen LogP contribution in [0, 0.1) is 18.3 Å². The molecule has 7 nitrogen and oxygen atoms in total. The van der Waals surface area contributed by atoms with Gasteiger partial charge in [0.05, 0.1) is 0 Å². The molecule has 0 spiro atoms.